The van der Waals surface area contributed by atoms with Crippen molar-refractivity contribution in [1.29, 1.82) is 0 Å². The summed E-state index contributed by atoms with van der Waals surface area (Å²) in [5, 5.41) is 0.624. The fourth-order valence-corrected chi connectivity index (χ4v) is 2.19. The summed E-state index contributed by atoms with van der Waals surface area (Å²) < 4.78 is 11.9. The van der Waals surface area contributed by atoms with Gasteiger partial charge in [-0.25, -0.2) is 4.79 Å². The topological polar surface area (TPSA) is 44.4 Å². The molecule has 0 bridgehead atoms. The lowest BCUT2D eigenvalue weighted by atomic mass is 10.1. The Labute approximate surface area is 126 Å². The molecule has 21 heavy (non-hydrogen) atoms. The van der Waals surface area contributed by atoms with Gasteiger partial charge in [-0.15, -0.1) is 0 Å². The average Bonchev–Trinajstić information content (AvgIpc) is 2.90. The van der Waals surface area contributed by atoms with Gasteiger partial charge >= 0.3 is 5.63 Å². The number of aromatic nitrogens is 1. The molecule has 0 N–H and O–H groups in total. The van der Waals surface area contributed by atoms with E-state index in [4.69, 9.17) is 20.9 Å². The third kappa shape index (κ3) is 2.71. The Morgan fingerprint density at radius 1 is 1.05 bits per heavy atom. The molecule has 0 radical (unpaired) electrons. The lowest BCUT2D eigenvalue weighted by Crippen LogP contribution is -1.96. The standard InChI is InChI=1S/C16H12ClNO3/c1-20-14-8-2-11(3-9-14)15-10-16(19)21-18(15)13-6-4-12(17)5-7-13/h2-10H,1H3. The summed E-state index contributed by atoms with van der Waals surface area (Å²) in [5.74, 6) is 0.752. The molecule has 3 aromatic rings. The van der Waals surface area contributed by atoms with Crippen molar-refractivity contribution < 1.29 is 9.26 Å². The highest BCUT2D eigenvalue weighted by atomic mass is 35.5. The van der Waals surface area contributed by atoms with Crippen LogP contribution in [0.4, 0.5) is 0 Å². The Morgan fingerprint density at radius 3 is 2.33 bits per heavy atom. The molecule has 3 rings (SSSR count). The first-order valence-corrected chi connectivity index (χ1v) is 6.69. The maximum atomic E-state index is 11.6. The largest absolute Gasteiger partial charge is 0.497 e. The summed E-state index contributed by atoms with van der Waals surface area (Å²) in [5.41, 5.74) is 1.85. The van der Waals surface area contributed by atoms with Crippen LogP contribution in [0.2, 0.25) is 5.02 Å². The van der Waals surface area contributed by atoms with Crippen LogP contribution in [0.15, 0.2) is 63.9 Å². The second-order valence-corrected chi connectivity index (χ2v) is 4.88. The van der Waals surface area contributed by atoms with E-state index in [1.165, 1.54) is 10.8 Å². The maximum Gasteiger partial charge on any atom is 0.358 e. The van der Waals surface area contributed by atoms with Crippen LogP contribution in [-0.2, 0) is 0 Å². The van der Waals surface area contributed by atoms with Gasteiger partial charge in [-0.05, 0) is 48.5 Å². The van der Waals surface area contributed by atoms with Gasteiger partial charge < -0.3 is 9.26 Å². The Balaban J connectivity index is 2.10. The maximum absolute atomic E-state index is 11.6. The van der Waals surface area contributed by atoms with Gasteiger partial charge in [0.25, 0.3) is 0 Å². The Morgan fingerprint density at radius 2 is 1.71 bits per heavy atom. The van der Waals surface area contributed by atoms with Gasteiger partial charge in [0.1, 0.15) is 5.75 Å². The number of ether oxygens (including phenoxy) is 1. The third-order valence-electron chi connectivity index (χ3n) is 3.10. The van der Waals surface area contributed by atoms with E-state index in [0.29, 0.717) is 10.7 Å². The molecular weight excluding hydrogens is 290 g/mol. The number of halogens is 1. The molecule has 0 amide bonds. The van der Waals surface area contributed by atoms with Crippen molar-refractivity contribution in [2.45, 2.75) is 0 Å². The summed E-state index contributed by atoms with van der Waals surface area (Å²) in [4.78, 5) is 11.6. The lowest BCUT2D eigenvalue weighted by molar-refractivity contribution is 0.326. The van der Waals surface area contributed by atoms with Gasteiger partial charge in [0, 0.05) is 10.6 Å². The van der Waals surface area contributed by atoms with E-state index in [1.807, 2.05) is 24.3 Å². The molecule has 0 aliphatic rings. The lowest BCUT2D eigenvalue weighted by Gasteiger charge is -2.07. The van der Waals surface area contributed by atoms with Crippen LogP contribution in [0.3, 0.4) is 0 Å². The van der Waals surface area contributed by atoms with Crippen molar-refractivity contribution in [3.63, 3.8) is 0 Å². The fraction of sp³-hybridized carbons (Fsp3) is 0.0625. The highest BCUT2D eigenvalue weighted by Crippen LogP contribution is 2.25. The van der Waals surface area contributed by atoms with Gasteiger partial charge in [-0.2, -0.15) is 4.74 Å². The van der Waals surface area contributed by atoms with Crippen LogP contribution >= 0.6 is 11.6 Å². The van der Waals surface area contributed by atoms with E-state index < -0.39 is 5.63 Å². The Bertz CT molecular complexity index is 801. The number of hydrogen-bond acceptors (Lipinski definition) is 3. The van der Waals surface area contributed by atoms with Gasteiger partial charge in [0.2, 0.25) is 0 Å². The van der Waals surface area contributed by atoms with Crippen LogP contribution in [0.1, 0.15) is 0 Å². The first-order valence-electron chi connectivity index (χ1n) is 6.31. The highest BCUT2D eigenvalue weighted by molar-refractivity contribution is 6.30. The van der Waals surface area contributed by atoms with E-state index in [-0.39, 0.29) is 0 Å². The van der Waals surface area contributed by atoms with E-state index in [9.17, 15) is 4.79 Å². The summed E-state index contributed by atoms with van der Waals surface area (Å²) in [7, 11) is 1.61. The normalized spacial score (nSPS) is 10.6. The second-order valence-electron chi connectivity index (χ2n) is 4.44. The number of methoxy groups -OCH3 is 1. The molecule has 0 saturated carbocycles. The molecule has 0 fully saturated rings. The van der Waals surface area contributed by atoms with Crippen LogP contribution in [-0.4, -0.2) is 11.8 Å². The molecule has 4 nitrogen and oxygen atoms in total. The van der Waals surface area contributed by atoms with Gasteiger partial charge in [-0.3, -0.25) is 0 Å². The van der Waals surface area contributed by atoms with Crippen molar-refractivity contribution in [2.75, 3.05) is 7.11 Å². The second kappa shape index (κ2) is 5.50. The molecule has 0 atom stereocenters. The van der Waals surface area contributed by atoms with E-state index in [1.54, 1.807) is 31.4 Å². The average molecular weight is 302 g/mol. The minimum Gasteiger partial charge on any atom is -0.497 e. The summed E-state index contributed by atoms with van der Waals surface area (Å²) in [6, 6.07) is 15.9. The molecule has 2 aromatic carbocycles. The Kier molecular flexibility index (Phi) is 3.54. The predicted molar refractivity (Wildman–Crippen MR) is 81.3 cm³/mol. The van der Waals surface area contributed by atoms with Gasteiger partial charge in [0.15, 0.2) is 0 Å². The zero-order valence-electron chi connectivity index (χ0n) is 11.2. The fourth-order valence-electron chi connectivity index (χ4n) is 2.07. The first-order chi connectivity index (χ1) is 10.2. The summed E-state index contributed by atoms with van der Waals surface area (Å²) in [6.45, 7) is 0. The minimum absolute atomic E-state index is 0.407. The van der Waals surface area contributed by atoms with Crippen molar-refractivity contribution in [3.05, 3.63) is 70.0 Å². The molecule has 0 aliphatic heterocycles. The van der Waals surface area contributed by atoms with Gasteiger partial charge in [0.05, 0.1) is 24.6 Å². The van der Waals surface area contributed by atoms with Crippen molar-refractivity contribution in [3.8, 4) is 22.7 Å². The molecule has 0 saturated heterocycles. The number of benzene rings is 2. The van der Waals surface area contributed by atoms with Crippen molar-refractivity contribution in [2.24, 2.45) is 0 Å². The molecule has 1 aromatic heterocycles. The van der Waals surface area contributed by atoms with Crippen LogP contribution < -0.4 is 10.4 Å². The zero-order chi connectivity index (χ0) is 14.8. The smallest absolute Gasteiger partial charge is 0.358 e. The number of hydrogen-bond donors (Lipinski definition) is 0. The third-order valence-corrected chi connectivity index (χ3v) is 3.35. The van der Waals surface area contributed by atoms with Crippen molar-refractivity contribution in [1.82, 2.24) is 4.74 Å². The summed E-state index contributed by atoms with van der Waals surface area (Å²) >= 11 is 5.88. The Hall–Kier alpha value is -2.46. The molecular formula is C16H12ClNO3. The number of nitrogens with zero attached hydrogens (tertiary/aromatic N) is 1. The molecule has 5 heteroatoms. The highest BCUT2D eigenvalue weighted by Gasteiger charge is 2.11. The summed E-state index contributed by atoms with van der Waals surface area (Å²) in [6.07, 6.45) is 0. The van der Waals surface area contributed by atoms with Crippen LogP contribution in [0, 0.1) is 0 Å². The van der Waals surface area contributed by atoms with Crippen LogP contribution in [0.5, 0.6) is 5.75 Å². The van der Waals surface area contributed by atoms with Gasteiger partial charge in [-0.1, -0.05) is 11.6 Å². The predicted octanol–water partition coefficient (Wildman–Crippen LogP) is 3.76. The van der Waals surface area contributed by atoms with E-state index in [2.05, 4.69) is 0 Å². The zero-order valence-corrected chi connectivity index (χ0v) is 12.0. The van der Waals surface area contributed by atoms with E-state index >= 15 is 0 Å². The molecule has 106 valence electrons. The molecule has 0 aliphatic carbocycles. The van der Waals surface area contributed by atoms with Crippen LogP contribution in [0.25, 0.3) is 16.9 Å². The molecule has 0 spiro atoms. The van der Waals surface area contributed by atoms with E-state index in [0.717, 1.165) is 17.0 Å². The first kappa shape index (κ1) is 13.5. The SMILES string of the molecule is COc1ccc(-c2cc(=O)on2-c2ccc(Cl)cc2)cc1. The molecule has 1 heterocycles. The number of rotatable bonds is 3. The van der Waals surface area contributed by atoms with Crippen molar-refractivity contribution >= 4 is 11.6 Å². The quantitative estimate of drug-likeness (QED) is 0.740. The molecule has 0 unspecified atom stereocenters. The monoisotopic (exact) mass is 301 g/mol. The minimum atomic E-state index is -0.407.